The Balaban J connectivity index is 2.34. The van der Waals surface area contributed by atoms with E-state index in [0.29, 0.717) is 0 Å². The van der Waals surface area contributed by atoms with Crippen molar-refractivity contribution in [1.82, 2.24) is 9.97 Å². The molecule has 90 valence electrons. The van der Waals surface area contributed by atoms with Crippen molar-refractivity contribution in [1.29, 1.82) is 0 Å². The Morgan fingerprint density at radius 1 is 1.59 bits per heavy atom. The zero-order valence-corrected chi connectivity index (χ0v) is 11.6. The summed E-state index contributed by atoms with van der Waals surface area (Å²) in [6, 6.07) is 2.00. The van der Waals surface area contributed by atoms with Crippen LogP contribution in [0.15, 0.2) is 11.1 Å². The highest BCUT2D eigenvalue weighted by Gasteiger charge is 2.12. The minimum Gasteiger partial charge on any atom is -0.468 e. The Hall–Kier alpha value is -0.850. The fourth-order valence-corrected chi connectivity index (χ4v) is 3.34. The zero-order valence-electron chi connectivity index (χ0n) is 9.19. The molecule has 4 nitrogen and oxygen atoms in total. The molecule has 7 heteroatoms. The van der Waals surface area contributed by atoms with Gasteiger partial charge in [-0.3, -0.25) is 4.79 Å². The molecule has 0 saturated carbocycles. The number of carbonyl (C=O) groups is 1. The second-order valence-electron chi connectivity index (χ2n) is 3.24. The van der Waals surface area contributed by atoms with Crippen LogP contribution in [-0.4, -0.2) is 28.8 Å². The van der Waals surface area contributed by atoms with E-state index in [1.807, 2.05) is 13.0 Å². The van der Waals surface area contributed by atoms with Crippen molar-refractivity contribution in [2.24, 2.45) is 0 Å². The maximum atomic E-state index is 11.1. The number of esters is 1. The molecule has 0 aliphatic carbocycles. The first kappa shape index (κ1) is 12.6. The molecule has 2 heterocycles. The van der Waals surface area contributed by atoms with Gasteiger partial charge in [0.05, 0.1) is 12.9 Å². The van der Waals surface area contributed by atoms with Crippen LogP contribution in [0.4, 0.5) is 0 Å². The molecule has 0 bridgehead atoms. The quantitative estimate of drug-likeness (QED) is 0.376. The van der Waals surface area contributed by atoms with Gasteiger partial charge in [-0.05, 0) is 24.6 Å². The third-order valence-corrected chi connectivity index (χ3v) is 4.09. The molecular weight excluding hydrogens is 280 g/mol. The van der Waals surface area contributed by atoms with E-state index in [0.717, 1.165) is 20.1 Å². The van der Waals surface area contributed by atoms with Gasteiger partial charge in [0.2, 0.25) is 5.28 Å². The summed E-state index contributed by atoms with van der Waals surface area (Å²) in [5, 5.41) is 1.85. The molecule has 0 atom stereocenters. The third kappa shape index (κ3) is 2.88. The number of nitrogens with zero attached hydrogens (tertiary/aromatic N) is 2. The van der Waals surface area contributed by atoms with Crippen molar-refractivity contribution in [3.05, 3.63) is 16.2 Å². The molecule has 0 unspecified atom stereocenters. The summed E-state index contributed by atoms with van der Waals surface area (Å²) >= 11 is 8.70. The van der Waals surface area contributed by atoms with Crippen molar-refractivity contribution < 1.29 is 9.53 Å². The lowest BCUT2D eigenvalue weighted by molar-refractivity contribution is -0.137. The molecular formula is C10H9ClN2O2S2. The minimum absolute atomic E-state index is 0.201. The number of hydrogen-bond donors (Lipinski definition) is 0. The van der Waals surface area contributed by atoms with E-state index in [9.17, 15) is 4.79 Å². The van der Waals surface area contributed by atoms with Gasteiger partial charge in [-0.15, -0.1) is 11.3 Å². The average Bonchev–Trinajstić information content (AvgIpc) is 2.65. The summed E-state index contributed by atoms with van der Waals surface area (Å²) in [6.07, 6.45) is 0. The van der Waals surface area contributed by atoms with Gasteiger partial charge in [0, 0.05) is 10.3 Å². The van der Waals surface area contributed by atoms with E-state index in [2.05, 4.69) is 14.7 Å². The number of fused-ring (bicyclic) bond motifs is 1. The van der Waals surface area contributed by atoms with Crippen LogP contribution in [0.25, 0.3) is 10.2 Å². The van der Waals surface area contributed by atoms with Crippen LogP contribution in [0, 0.1) is 6.92 Å². The number of thioether (sulfide) groups is 1. The van der Waals surface area contributed by atoms with Crippen LogP contribution >= 0.6 is 34.7 Å². The molecule has 0 fully saturated rings. The van der Waals surface area contributed by atoms with Gasteiger partial charge in [0.15, 0.2) is 0 Å². The van der Waals surface area contributed by atoms with Crippen LogP contribution < -0.4 is 0 Å². The Labute approximate surface area is 111 Å². The summed E-state index contributed by atoms with van der Waals surface area (Å²) in [5.41, 5.74) is 0. The SMILES string of the molecule is COC(=O)CSc1nc(Cl)nc2sc(C)cc12. The molecule has 0 aromatic carbocycles. The number of halogens is 1. The van der Waals surface area contributed by atoms with E-state index >= 15 is 0 Å². The zero-order chi connectivity index (χ0) is 12.4. The van der Waals surface area contributed by atoms with Crippen LogP contribution in [0.3, 0.4) is 0 Å². The predicted octanol–water partition coefficient (Wildman–Crippen LogP) is 2.92. The molecule has 0 saturated heterocycles. The second-order valence-corrected chi connectivity index (χ2v) is 5.78. The van der Waals surface area contributed by atoms with Gasteiger partial charge < -0.3 is 4.74 Å². The molecule has 0 amide bonds. The van der Waals surface area contributed by atoms with Crippen LogP contribution in [0.2, 0.25) is 5.28 Å². The highest BCUT2D eigenvalue weighted by molar-refractivity contribution is 8.00. The van der Waals surface area contributed by atoms with E-state index in [1.165, 1.54) is 18.9 Å². The average molecular weight is 289 g/mol. The summed E-state index contributed by atoms with van der Waals surface area (Å²) in [4.78, 5) is 21.4. The van der Waals surface area contributed by atoms with E-state index < -0.39 is 0 Å². The number of ether oxygens (including phenoxy) is 1. The van der Waals surface area contributed by atoms with Gasteiger partial charge in [-0.25, -0.2) is 9.97 Å². The molecule has 2 rings (SSSR count). The normalized spacial score (nSPS) is 10.8. The standard InChI is InChI=1S/C10H9ClN2O2S2/c1-5-3-6-8(16-4-7(14)15-2)12-10(11)13-9(6)17-5/h3H,4H2,1-2H3. The molecule has 0 aliphatic rings. The number of rotatable bonds is 3. The third-order valence-electron chi connectivity index (χ3n) is 2.01. The molecule has 2 aromatic heterocycles. The lowest BCUT2D eigenvalue weighted by Crippen LogP contribution is -2.03. The van der Waals surface area contributed by atoms with Crippen LogP contribution in [0.1, 0.15) is 4.88 Å². The molecule has 2 aromatic rings. The van der Waals surface area contributed by atoms with Gasteiger partial charge in [-0.1, -0.05) is 11.8 Å². The fourth-order valence-electron chi connectivity index (χ4n) is 1.29. The van der Waals surface area contributed by atoms with Gasteiger partial charge >= 0.3 is 5.97 Å². The van der Waals surface area contributed by atoms with Crippen molar-refractivity contribution in [2.45, 2.75) is 11.9 Å². The topological polar surface area (TPSA) is 52.1 Å². The first-order valence-corrected chi connectivity index (χ1v) is 6.91. The van der Waals surface area contributed by atoms with E-state index in [1.54, 1.807) is 11.3 Å². The number of carbonyl (C=O) groups excluding carboxylic acids is 1. The van der Waals surface area contributed by atoms with E-state index in [-0.39, 0.29) is 17.0 Å². The lowest BCUT2D eigenvalue weighted by atomic mass is 10.4. The number of hydrogen-bond acceptors (Lipinski definition) is 6. The Kier molecular flexibility index (Phi) is 3.86. The Morgan fingerprint density at radius 3 is 3.06 bits per heavy atom. The summed E-state index contributed by atoms with van der Waals surface area (Å²) < 4.78 is 4.59. The highest BCUT2D eigenvalue weighted by Crippen LogP contribution is 2.31. The second kappa shape index (κ2) is 5.20. The molecule has 0 spiro atoms. The molecule has 0 radical (unpaired) electrons. The predicted molar refractivity (Wildman–Crippen MR) is 69.9 cm³/mol. The summed E-state index contributed by atoms with van der Waals surface area (Å²) in [6.45, 7) is 2.00. The number of aromatic nitrogens is 2. The Morgan fingerprint density at radius 2 is 2.35 bits per heavy atom. The number of thiophene rings is 1. The number of methoxy groups -OCH3 is 1. The van der Waals surface area contributed by atoms with Gasteiger partial charge in [0.25, 0.3) is 0 Å². The Bertz CT molecular complexity index is 571. The fraction of sp³-hybridized carbons (Fsp3) is 0.300. The van der Waals surface area contributed by atoms with Gasteiger partial charge in [0.1, 0.15) is 9.86 Å². The van der Waals surface area contributed by atoms with Gasteiger partial charge in [-0.2, -0.15) is 0 Å². The maximum Gasteiger partial charge on any atom is 0.316 e. The van der Waals surface area contributed by atoms with Crippen molar-refractivity contribution in [2.75, 3.05) is 12.9 Å². The van der Waals surface area contributed by atoms with Crippen molar-refractivity contribution in [3.63, 3.8) is 0 Å². The maximum absolute atomic E-state index is 11.1. The van der Waals surface area contributed by atoms with Crippen LogP contribution in [0.5, 0.6) is 0 Å². The summed E-state index contributed by atoms with van der Waals surface area (Å²) in [7, 11) is 1.36. The minimum atomic E-state index is -0.287. The first-order valence-electron chi connectivity index (χ1n) is 4.73. The molecule has 17 heavy (non-hydrogen) atoms. The highest BCUT2D eigenvalue weighted by atomic mass is 35.5. The molecule has 0 N–H and O–H groups in total. The smallest absolute Gasteiger partial charge is 0.316 e. The van der Waals surface area contributed by atoms with Crippen LogP contribution in [-0.2, 0) is 9.53 Å². The van der Waals surface area contributed by atoms with Crippen molar-refractivity contribution in [3.8, 4) is 0 Å². The first-order chi connectivity index (χ1) is 8.10. The molecule has 0 aliphatic heterocycles. The summed E-state index contributed by atoms with van der Waals surface area (Å²) in [5.74, 6) is -0.0711. The largest absolute Gasteiger partial charge is 0.468 e. The lowest BCUT2D eigenvalue weighted by Gasteiger charge is -2.01. The monoisotopic (exact) mass is 288 g/mol. The number of aryl methyl sites for hydroxylation is 1. The van der Waals surface area contributed by atoms with Crippen molar-refractivity contribution >= 4 is 50.9 Å². The van der Waals surface area contributed by atoms with E-state index in [4.69, 9.17) is 11.6 Å².